The van der Waals surface area contributed by atoms with E-state index in [9.17, 15) is 0 Å². The van der Waals surface area contributed by atoms with Crippen LogP contribution in [-0.4, -0.2) is 30.9 Å². The molecule has 116 valence electrons. The number of rotatable bonds is 6. The number of hydrogen-bond acceptors (Lipinski definition) is 1. The second kappa shape index (κ2) is 7.89. The molecule has 0 atom stereocenters. The van der Waals surface area contributed by atoms with Gasteiger partial charge in [0, 0.05) is 0 Å². The van der Waals surface area contributed by atoms with E-state index >= 15 is 0 Å². The first kappa shape index (κ1) is 18.1. The molecule has 5 heteroatoms. The van der Waals surface area contributed by atoms with Gasteiger partial charge in [-0.15, -0.1) is 0 Å². The van der Waals surface area contributed by atoms with Crippen molar-refractivity contribution >= 4 is 29.7 Å². The molecule has 0 saturated carbocycles. The van der Waals surface area contributed by atoms with Gasteiger partial charge in [0.15, 0.2) is 0 Å². The van der Waals surface area contributed by atoms with Gasteiger partial charge in [0.25, 0.3) is 0 Å². The summed E-state index contributed by atoms with van der Waals surface area (Å²) in [6, 6.07) is 6.35. The molecule has 0 unspecified atom stereocenters. The van der Waals surface area contributed by atoms with Crippen LogP contribution in [0, 0.1) is 0 Å². The first-order chi connectivity index (χ1) is 9.32. The predicted molar refractivity (Wildman–Crippen MR) is 87.9 cm³/mol. The molecule has 0 aliphatic carbocycles. The van der Waals surface area contributed by atoms with E-state index in [0.717, 1.165) is 28.9 Å². The number of benzene rings is 1. The summed E-state index contributed by atoms with van der Waals surface area (Å²) in [5.41, 5.74) is 2.26. The molecular weight excluding hydrogens is 382 g/mol. The maximum atomic E-state index is 6.00. The SMILES string of the molecule is CC[N+](C)(CC)c1ccc([CH]=[Ru]([Cl])[Cl])c(OC(C)C)c1. The summed E-state index contributed by atoms with van der Waals surface area (Å²) < 4.78 is 8.76. The fourth-order valence-corrected chi connectivity index (χ4v) is 3.78. The zero-order valence-corrected chi connectivity index (χ0v) is 16.0. The van der Waals surface area contributed by atoms with Crippen molar-refractivity contribution < 1.29 is 18.3 Å². The first-order valence-corrected chi connectivity index (χ1v) is 12.3. The number of hydrogen-bond donors (Lipinski definition) is 0. The second-order valence-electron chi connectivity index (χ2n) is 5.22. The van der Waals surface area contributed by atoms with E-state index in [-0.39, 0.29) is 6.10 Å². The Morgan fingerprint density at radius 2 is 1.85 bits per heavy atom. The van der Waals surface area contributed by atoms with Gasteiger partial charge < -0.3 is 0 Å². The van der Waals surface area contributed by atoms with Crippen molar-refractivity contribution in [2.24, 2.45) is 0 Å². The molecule has 0 spiro atoms. The molecule has 20 heavy (non-hydrogen) atoms. The number of quaternary nitrogens is 1. The van der Waals surface area contributed by atoms with Crippen LogP contribution < -0.4 is 9.22 Å². The fourth-order valence-electron chi connectivity index (χ4n) is 1.97. The van der Waals surface area contributed by atoms with Crippen LogP contribution >= 0.6 is 19.4 Å². The maximum absolute atomic E-state index is 6.00. The van der Waals surface area contributed by atoms with Gasteiger partial charge in [-0.2, -0.15) is 0 Å². The van der Waals surface area contributed by atoms with Gasteiger partial charge in [0.2, 0.25) is 0 Å². The van der Waals surface area contributed by atoms with Crippen LogP contribution in [0.2, 0.25) is 0 Å². The summed E-state index contributed by atoms with van der Waals surface area (Å²) in [6.45, 7) is 10.6. The monoisotopic (exact) mass is 406 g/mol. The van der Waals surface area contributed by atoms with Crippen molar-refractivity contribution in [2.75, 3.05) is 20.1 Å². The zero-order chi connectivity index (χ0) is 15.3. The molecule has 1 rings (SSSR count). The minimum absolute atomic E-state index is 0.130. The van der Waals surface area contributed by atoms with Crippen LogP contribution in [0.1, 0.15) is 33.3 Å². The van der Waals surface area contributed by atoms with E-state index in [4.69, 9.17) is 24.1 Å². The Morgan fingerprint density at radius 3 is 2.30 bits per heavy atom. The van der Waals surface area contributed by atoms with Crippen molar-refractivity contribution in [3.63, 3.8) is 0 Å². The molecular formula is C15H24Cl2NORu+. The van der Waals surface area contributed by atoms with Gasteiger partial charge in [-0.25, -0.2) is 0 Å². The molecule has 1 aromatic carbocycles. The van der Waals surface area contributed by atoms with Gasteiger partial charge in [-0.1, -0.05) is 0 Å². The molecule has 0 saturated heterocycles. The third-order valence-electron chi connectivity index (χ3n) is 3.57. The van der Waals surface area contributed by atoms with Crippen LogP contribution in [0.15, 0.2) is 18.2 Å². The third kappa shape index (κ3) is 4.81. The molecule has 1 aromatic rings. The van der Waals surface area contributed by atoms with Crippen LogP contribution in [0.5, 0.6) is 5.75 Å². The number of ether oxygens (including phenoxy) is 1. The summed E-state index contributed by atoms with van der Waals surface area (Å²) in [5, 5.41) is 0. The van der Waals surface area contributed by atoms with Gasteiger partial charge in [0.1, 0.15) is 0 Å². The predicted octanol–water partition coefficient (Wildman–Crippen LogP) is 4.53. The first-order valence-electron chi connectivity index (χ1n) is 6.81. The van der Waals surface area contributed by atoms with Gasteiger partial charge in [0.05, 0.1) is 0 Å². The van der Waals surface area contributed by atoms with Crippen molar-refractivity contribution in [1.29, 1.82) is 0 Å². The fraction of sp³-hybridized carbons (Fsp3) is 0.533. The summed E-state index contributed by atoms with van der Waals surface area (Å²) in [7, 11) is 14.2. The third-order valence-corrected chi connectivity index (χ3v) is 5.40. The number of halogens is 2. The molecule has 0 aromatic heterocycles. The molecule has 0 aliphatic heterocycles. The zero-order valence-electron chi connectivity index (χ0n) is 12.8. The number of nitrogens with zero attached hydrogens (tertiary/aromatic N) is 1. The van der Waals surface area contributed by atoms with E-state index in [1.165, 1.54) is 5.69 Å². The topological polar surface area (TPSA) is 9.23 Å². The van der Waals surface area contributed by atoms with Crippen LogP contribution in [0.4, 0.5) is 5.69 Å². The van der Waals surface area contributed by atoms with Crippen molar-refractivity contribution in [2.45, 2.75) is 33.8 Å². The van der Waals surface area contributed by atoms with E-state index in [1.54, 1.807) is 0 Å². The normalized spacial score (nSPS) is 12.5. The average molecular weight is 406 g/mol. The van der Waals surface area contributed by atoms with Crippen LogP contribution in [-0.2, 0) is 13.5 Å². The summed E-state index contributed by atoms with van der Waals surface area (Å²) in [6.07, 6.45) is 0.130. The molecule has 0 amide bonds. The van der Waals surface area contributed by atoms with E-state index in [1.807, 2.05) is 18.5 Å². The summed E-state index contributed by atoms with van der Waals surface area (Å²) >= 11 is -1.85. The molecule has 0 heterocycles. The Morgan fingerprint density at radius 1 is 1.25 bits per heavy atom. The Kier molecular flexibility index (Phi) is 7.14. The van der Waals surface area contributed by atoms with Gasteiger partial charge in [-0.05, 0) is 0 Å². The van der Waals surface area contributed by atoms with Crippen molar-refractivity contribution in [1.82, 2.24) is 4.48 Å². The Labute approximate surface area is 135 Å². The molecule has 0 bridgehead atoms. The minimum atomic E-state index is -1.85. The molecule has 0 fully saturated rings. The van der Waals surface area contributed by atoms with Crippen molar-refractivity contribution in [3.8, 4) is 5.75 Å². The standard InChI is InChI=1S/C15H24NO.2ClH.Ru/c1-7-16(6,8-2)14-10-9-13(5)15(11-14)17-12(3)4;;;/h5,9-12H,7-8H2,1-4,6H3;2*1H;/q+1;;;+2/p-2. The average Bonchev–Trinajstić information content (AvgIpc) is 2.38. The van der Waals surface area contributed by atoms with E-state index < -0.39 is 13.5 Å². The van der Waals surface area contributed by atoms with Crippen LogP contribution in [0.3, 0.4) is 0 Å². The molecule has 0 aliphatic rings. The summed E-state index contributed by atoms with van der Waals surface area (Å²) in [4.78, 5) is 0. The Bertz CT molecular complexity index is 481. The summed E-state index contributed by atoms with van der Waals surface area (Å²) in [5.74, 6) is 0.878. The van der Waals surface area contributed by atoms with Gasteiger partial charge >= 0.3 is 136 Å². The Balaban J connectivity index is 3.30. The van der Waals surface area contributed by atoms with Crippen LogP contribution in [0.25, 0.3) is 0 Å². The van der Waals surface area contributed by atoms with Crippen molar-refractivity contribution in [3.05, 3.63) is 23.8 Å². The molecule has 0 N–H and O–H groups in total. The molecule has 0 radical (unpaired) electrons. The van der Waals surface area contributed by atoms with Gasteiger partial charge in [-0.3, -0.25) is 0 Å². The van der Waals surface area contributed by atoms with E-state index in [2.05, 4.69) is 39.1 Å². The second-order valence-corrected chi connectivity index (χ2v) is 10.9. The molecule has 2 nitrogen and oxygen atoms in total. The quantitative estimate of drug-likeness (QED) is 0.499. The Hall–Kier alpha value is 0.0534. The van der Waals surface area contributed by atoms with E-state index in [0.29, 0.717) is 0 Å².